The van der Waals surface area contributed by atoms with Crippen molar-refractivity contribution in [2.75, 3.05) is 11.9 Å². The zero-order valence-electron chi connectivity index (χ0n) is 11.9. The van der Waals surface area contributed by atoms with Crippen LogP contribution in [0.3, 0.4) is 0 Å². The van der Waals surface area contributed by atoms with Crippen LogP contribution < -0.4 is 10.6 Å². The van der Waals surface area contributed by atoms with Crippen LogP contribution >= 0.6 is 0 Å². The van der Waals surface area contributed by atoms with Crippen LogP contribution in [0.15, 0.2) is 30.5 Å². The molecule has 1 saturated heterocycles. The third-order valence-electron chi connectivity index (χ3n) is 5.09. The first kappa shape index (κ1) is 12.3. The van der Waals surface area contributed by atoms with E-state index in [2.05, 4.69) is 39.9 Å². The normalized spacial score (nSPS) is 30.1. The summed E-state index contributed by atoms with van der Waals surface area (Å²) in [5.41, 5.74) is 2.49. The van der Waals surface area contributed by atoms with Crippen molar-refractivity contribution in [3.05, 3.63) is 30.5 Å². The number of aromatic amines is 1. The minimum Gasteiger partial charge on any atom is -0.382 e. The Morgan fingerprint density at radius 1 is 1.05 bits per heavy atom. The van der Waals surface area contributed by atoms with Gasteiger partial charge >= 0.3 is 0 Å². The Bertz CT molecular complexity index is 583. The standard InChI is InChI=1S/C17H23N3/c1-3-14(16-5-2-9-18-16)17(4-1)20-13-6-7-15-12(11-13)8-10-19-15/h6-8,10-11,14,16-20H,1-5,9H2. The summed E-state index contributed by atoms with van der Waals surface area (Å²) in [6, 6.07) is 10.2. The van der Waals surface area contributed by atoms with E-state index in [1.807, 2.05) is 6.20 Å². The fraction of sp³-hybridized carbons (Fsp3) is 0.529. The molecule has 2 aromatic rings. The summed E-state index contributed by atoms with van der Waals surface area (Å²) in [6.45, 7) is 1.21. The monoisotopic (exact) mass is 269 g/mol. The molecule has 3 heteroatoms. The topological polar surface area (TPSA) is 39.8 Å². The maximum Gasteiger partial charge on any atom is 0.0455 e. The van der Waals surface area contributed by atoms with Gasteiger partial charge in [0, 0.05) is 34.9 Å². The largest absolute Gasteiger partial charge is 0.382 e. The molecule has 3 unspecified atom stereocenters. The van der Waals surface area contributed by atoms with E-state index in [4.69, 9.17) is 0 Å². The molecule has 1 aromatic heterocycles. The molecule has 20 heavy (non-hydrogen) atoms. The number of benzene rings is 1. The molecule has 1 saturated carbocycles. The lowest BCUT2D eigenvalue weighted by Gasteiger charge is -2.27. The molecule has 1 aliphatic heterocycles. The molecular weight excluding hydrogens is 246 g/mol. The van der Waals surface area contributed by atoms with Crippen molar-refractivity contribution in [3.63, 3.8) is 0 Å². The Hall–Kier alpha value is -1.48. The molecule has 0 radical (unpaired) electrons. The van der Waals surface area contributed by atoms with Gasteiger partial charge in [-0.2, -0.15) is 0 Å². The van der Waals surface area contributed by atoms with Crippen LogP contribution in [0.1, 0.15) is 32.1 Å². The molecule has 3 N–H and O–H groups in total. The molecule has 106 valence electrons. The molecule has 2 aliphatic rings. The van der Waals surface area contributed by atoms with E-state index < -0.39 is 0 Å². The fourth-order valence-electron chi connectivity index (χ4n) is 4.08. The summed E-state index contributed by atoms with van der Waals surface area (Å²) in [6.07, 6.45) is 8.78. The van der Waals surface area contributed by atoms with Crippen molar-refractivity contribution in [2.24, 2.45) is 5.92 Å². The van der Waals surface area contributed by atoms with Gasteiger partial charge in [-0.3, -0.25) is 0 Å². The Balaban J connectivity index is 1.51. The molecule has 0 amide bonds. The minimum atomic E-state index is 0.641. The lowest BCUT2D eigenvalue weighted by atomic mass is 9.93. The molecule has 3 atom stereocenters. The van der Waals surface area contributed by atoms with Gasteiger partial charge in [0.1, 0.15) is 0 Å². The van der Waals surface area contributed by atoms with Crippen LogP contribution in [0.5, 0.6) is 0 Å². The highest BCUT2D eigenvalue weighted by Crippen LogP contribution is 2.34. The number of hydrogen-bond donors (Lipinski definition) is 3. The van der Waals surface area contributed by atoms with E-state index in [1.54, 1.807) is 0 Å². The molecular formula is C17H23N3. The van der Waals surface area contributed by atoms with Gasteiger partial charge in [0.15, 0.2) is 0 Å². The van der Waals surface area contributed by atoms with Crippen molar-refractivity contribution in [3.8, 4) is 0 Å². The average Bonchev–Trinajstić information content (AvgIpc) is 3.19. The number of hydrogen-bond acceptors (Lipinski definition) is 2. The summed E-state index contributed by atoms with van der Waals surface area (Å²) in [5.74, 6) is 0.805. The molecule has 2 fully saturated rings. The first-order valence-corrected chi connectivity index (χ1v) is 7.97. The maximum absolute atomic E-state index is 3.80. The quantitative estimate of drug-likeness (QED) is 0.798. The fourth-order valence-corrected chi connectivity index (χ4v) is 4.08. The SMILES string of the molecule is c1cc2cc(NC3CCCC3C3CCCN3)ccc2[nH]1. The Morgan fingerprint density at radius 3 is 2.95 bits per heavy atom. The van der Waals surface area contributed by atoms with Crippen LogP contribution in [0.2, 0.25) is 0 Å². The molecule has 3 nitrogen and oxygen atoms in total. The number of fused-ring (bicyclic) bond motifs is 1. The third-order valence-corrected chi connectivity index (χ3v) is 5.09. The minimum absolute atomic E-state index is 0.641. The van der Waals surface area contributed by atoms with Crippen LogP contribution in [-0.4, -0.2) is 23.6 Å². The van der Waals surface area contributed by atoms with E-state index in [1.165, 1.54) is 55.2 Å². The van der Waals surface area contributed by atoms with Crippen molar-refractivity contribution in [1.82, 2.24) is 10.3 Å². The van der Waals surface area contributed by atoms with E-state index in [0.717, 1.165) is 12.0 Å². The van der Waals surface area contributed by atoms with Gasteiger partial charge in [0.05, 0.1) is 0 Å². The number of nitrogens with one attached hydrogen (secondary N) is 3. The molecule has 4 rings (SSSR count). The Labute approximate surface area is 120 Å². The summed E-state index contributed by atoms with van der Waals surface area (Å²) in [5, 5.41) is 8.79. The number of aromatic nitrogens is 1. The van der Waals surface area contributed by atoms with Crippen LogP contribution in [0.4, 0.5) is 5.69 Å². The van der Waals surface area contributed by atoms with Gasteiger partial charge in [-0.25, -0.2) is 0 Å². The number of H-pyrrole nitrogens is 1. The summed E-state index contributed by atoms with van der Waals surface area (Å²) in [4.78, 5) is 3.26. The van der Waals surface area contributed by atoms with E-state index >= 15 is 0 Å². The molecule has 2 heterocycles. The van der Waals surface area contributed by atoms with Crippen LogP contribution in [-0.2, 0) is 0 Å². The lowest BCUT2D eigenvalue weighted by molar-refractivity contribution is 0.376. The Kier molecular flexibility index (Phi) is 3.15. The third kappa shape index (κ3) is 2.20. The molecule has 1 aliphatic carbocycles. The van der Waals surface area contributed by atoms with Gasteiger partial charge < -0.3 is 15.6 Å². The average molecular weight is 269 g/mol. The highest BCUT2D eigenvalue weighted by atomic mass is 15.0. The lowest BCUT2D eigenvalue weighted by Crippen LogP contribution is -2.38. The second-order valence-electron chi connectivity index (χ2n) is 6.33. The van der Waals surface area contributed by atoms with Crippen LogP contribution in [0.25, 0.3) is 10.9 Å². The van der Waals surface area contributed by atoms with E-state index in [-0.39, 0.29) is 0 Å². The highest BCUT2D eigenvalue weighted by Gasteiger charge is 2.34. The first-order valence-electron chi connectivity index (χ1n) is 7.97. The van der Waals surface area contributed by atoms with Gasteiger partial charge in [-0.05, 0) is 62.4 Å². The predicted molar refractivity (Wildman–Crippen MR) is 84.1 cm³/mol. The smallest absolute Gasteiger partial charge is 0.0455 e. The molecule has 0 spiro atoms. The highest BCUT2D eigenvalue weighted by molar-refractivity contribution is 5.83. The number of anilines is 1. The zero-order chi connectivity index (χ0) is 13.4. The molecule has 0 bridgehead atoms. The van der Waals surface area contributed by atoms with E-state index in [0.29, 0.717) is 6.04 Å². The maximum atomic E-state index is 3.80. The van der Waals surface area contributed by atoms with Crippen molar-refractivity contribution < 1.29 is 0 Å². The number of rotatable bonds is 3. The van der Waals surface area contributed by atoms with Crippen LogP contribution in [0, 0.1) is 5.92 Å². The predicted octanol–water partition coefficient (Wildman–Crippen LogP) is 3.50. The molecule has 1 aromatic carbocycles. The van der Waals surface area contributed by atoms with Gasteiger partial charge in [-0.15, -0.1) is 0 Å². The van der Waals surface area contributed by atoms with Gasteiger partial charge in [0.25, 0.3) is 0 Å². The first-order chi connectivity index (χ1) is 9.90. The second kappa shape index (κ2) is 5.13. The zero-order valence-corrected chi connectivity index (χ0v) is 11.9. The summed E-state index contributed by atoms with van der Waals surface area (Å²) in [7, 11) is 0. The second-order valence-corrected chi connectivity index (χ2v) is 6.33. The van der Waals surface area contributed by atoms with Crippen molar-refractivity contribution >= 4 is 16.6 Å². The van der Waals surface area contributed by atoms with Crippen molar-refractivity contribution in [1.29, 1.82) is 0 Å². The van der Waals surface area contributed by atoms with Gasteiger partial charge in [-0.1, -0.05) is 6.42 Å². The Morgan fingerprint density at radius 2 is 2.05 bits per heavy atom. The van der Waals surface area contributed by atoms with E-state index in [9.17, 15) is 0 Å². The van der Waals surface area contributed by atoms with Crippen molar-refractivity contribution in [2.45, 2.75) is 44.2 Å². The summed E-state index contributed by atoms with van der Waals surface area (Å²) >= 11 is 0. The summed E-state index contributed by atoms with van der Waals surface area (Å²) < 4.78 is 0. The van der Waals surface area contributed by atoms with Gasteiger partial charge in [0.2, 0.25) is 0 Å².